The fraction of sp³-hybridized carbons (Fsp3) is 0.533. The molecular formula is C15H22N2O3. The van der Waals surface area contributed by atoms with E-state index in [2.05, 4.69) is 16.7 Å². The number of aliphatic hydroxyl groups is 1. The van der Waals surface area contributed by atoms with E-state index in [0.29, 0.717) is 18.7 Å². The van der Waals surface area contributed by atoms with Crippen molar-refractivity contribution in [3.63, 3.8) is 0 Å². The van der Waals surface area contributed by atoms with Crippen LogP contribution >= 0.6 is 0 Å². The van der Waals surface area contributed by atoms with Gasteiger partial charge in [0, 0.05) is 13.0 Å². The van der Waals surface area contributed by atoms with Gasteiger partial charge in [0.25, 0.3) is 0 Å². The Morgan fingerprint density at radius 3 is 2.95 bits per heavy atom. The van der Waals surface area contributed by atoms with Crippen LogP contribution in [0.1, 0.15) is 24.5 Å². The first-order chi connectivity index (χ1) is 9.61. The fourth-order valence-corrected chi connectivity index (χ4v) is 2.47. The lowest BCUT2D eigenvalue weighted by molar-refractivity contribution is -0.116. The minimum atomic E-state index is -0.334. The molecule has 1 unspecified atom stereocenters. The van der Waals surface area contributed by atoms with Crippen molar-refractivity contribution in [3.8, 4) is 5.75 Å². The van der Waals surface area contributed by atoms with Gasteiger partial charge >= 0.3 is 0 Å². The van der Waals surface area contributed by atoms with E-state index in [9.17, 15) is 9.90 Å². The van der Waals surface area contributed by atoms with Crippen LogP contribution in [0.25, 0.3) is 0 Å². The number of aliphatic hydroxyl groups excluding tert-OH is 1. The zero-order chi connectivity index (χ0) is 14.5. The average Bonchev–Trinajstić information content (AvgIpc) is 2.43. The van der Waals surface area contributed by atoms with Gasteiger partial charge in [0.1, 0.15) is 5.75 Å². The van der Waals surface area contributed by atoms with E-state index in [1.165, 1.54) is 11.1 Å². The van der Waals surface area contributed by atoms with Crippen LogP contribution in [-0.2, 0) is 17.6 Å². The van der Waals surface area contributed by atoms with Crippen LogP contribution in [0.3, 0.4) is 0 Å². The molecule has 110 valence electrons. The minimum Gasteiger partial charge on any atom is -0.495 e. The quantitative estimate of drug-likeness (QED) is 0.681. The molecule has 0 saturated heterocycles. The fourth-order valence-electron chi connectivity index (χ4n) is 2.47. The Balaban J connectivity index is 2.10. The molecule has 1 aliphatic rings. The number of fused-ring (bicyclic) bond motifs is 1. The van der Waals surface area contributed by atoms with Crippen molar-refractivity contribution < 1.29 is 14.6 Å². The minimum absolute atomic E-state index is 0.0418. The highest BCUT2D eigenvalue weighted by atomic mass is 16.5. The highest BCUT2D eigenvalue weighted by molar-refractivity contribution is 5.96. The van der Waals surface area contributed by atoms with E-state index in [0.717, 1.165) is 25.1 Å². The number of hydrogen-bond donors (Lipinski definition) is 3. The maximum Gasteiger partial charge on any atom is 0.224 e. The van der Waals surface area contributed by atoms with Crippen molar-refractivity contribution in [2.45, 2.75) is 32.3 Å². The molecule has 1 heterocycles. The normalized spacial score (nSPS) is 15.4. The third-order valence-electron chi connectivity index (χ3n) is 3.47. The van der Waals surface area contributed by atoms with Crippen molar-refractivity contribution in [3.05, 3.63) is 23.3 Å². The lowest BCUT2D eigenvalue weighted by Gasteiger charge is -2.22. The van der Waals surface area contributed by atoms with Crippen LogP contribution in [0.5, 0.6) is 5.75 Å². The van der Waals surface area contributed by atoms with E-state index < -0.39 is 0 Å². The monoisotopic (exact) mass is 278 g/mol. The van der Waals surface area contributed by atoms with Crippen molar-refractivity contribution in [1.29, 1.82) is 0 Å². The van der Waals surface area contributed by atoms with Crippen molar-refractivity contribution in [2.24, 2.45) is 0 Å². The molecule has 1 amide bonds. The molecule has 1 atom stereocenters. The second kappa shape index (κ2) is 6.72. The molecule has 5 nitrogen and oxygen atoms in total. The van der Waals surface area contributed by atoms with E-state index in [1.54, 1.807) is 14.0 Å². The summed E-state index contributed by atoms with van der Waals surface area (Å²) in [6.07, 6.45) is 1.81. The Morgan fingerprint density at radius 1 is 1.45 bits per heavy atom. The molecule has 0 radical (unpaired) electrons. The lowest BCUT2D eigenvalue weighted by atomic mass is 9.95. The first-order valence-electron chi connectivity index (χ1n) is 6.99. The Labute approximate surface area is 119 Å². The number of anilines is 1. The molecule has 0 bridgehead atoms. The van der Waals surface area contributed by atoms with Crippen molar-refractivity contribution in [2.75, 3.05) is 25.5 Å². The van der Waals surface area contributed by atoms with Gasteiger partial charge in [0.05, 0.1) is 18.9 Å². The van der Waals surface area contributed by atoms with Gasteiger partial charge in [0.15, 0.2) is 0 Å². The zero-order valence-electron chi connectivity index (χ0n) is 12.0. The molecule has 0 aromatic heterocycles. The van der Waals surface area contributed by atoms with Crippen LogP contribution in [-0.4, -0.2) is 37.3 Å². The molecule has 1 aromatic rings. The molecule has 0 fully saturated rings. The second-order valence-electron chi connectivity index (χ2n) is 5.13. The maximum absolute atomic E-state index is 11.5. The topological polar surface area (TPSA) is 70.6 Å². The molecular weight excluding hydrogens is 256 g/mol. The number of nitrogens with one attached hydrogen (secondary N) is 2. The van der Waals surface area contributed by atoms with E-state index in [1.807, 2.05) is 6.07 Å². The van der Waals surface area contributed by atoms with Gasteiger partial charge in [-0.05, 0) is 43.5 Å². The number of hydrogen-bond acceptors (Lipinski definition) is 4. The van der Waals surface area contributed by atoms with Crippen LogP contribution in [0, 0.1) is 0 Å². The summed E-state index contributed by atoms with van der Waals surface area (Å²) < 4.78 is 5.31. The van der Waals surface area contributed by atoms with Gasteiger partial charge in [-0.25, -0.2) is 0 Å². The molecule has 3 N–H and O–H groups in total. The molecule has 0 spiro atoms. The maximum atomic E-state index is 11.5. The number of methoxy groups -OCH3 is 1. The van der Waals surface area contributed by atoms with E-state index in [4.69, 9.17) is 4.74 Å². The third kappa shape index (κ3) is 3.49. The average molecular weight is 278 g/mol. The standard InChI is InChI=1S/C15H22N2O3/c1-10(18)9-16-8-7-11-3-5-13(20-2)15-12(11)4-6-14(19)17-15/h3,5,10,16,18H,4,6-9H2,1-2H3,(H,17,19). The Hall–Kier alpha value is -1.59. The van der Waals surface area contributed by atoms with Gasteiger partial charge in [-0.15, -0.1) is 0 Å². The first kappa shape index (κ1) is 14.8. The third-order valence-corrected chi connectivity index (χ3v) is 3.47. The largest absolute Gasteiger partial charge is 0.495 e. The van der Waals surface area contributed by atoms with Gasteiger partial charge in [-0.1, -0.05) is 6.07 Å². The summed E-state index contributed by atoms with van der Waals surface area (Å²) in [5, 5.41) is 15.3. The van der Waals surface area contributed by atoms with Gasteiger partial charge in [-0.2, -0.15) is 0 Å². The number of carbonyl (C=O) groups is 1. The number of amides is 1. The smallest absolute Gasteiger partial charge is 0.224 e. The Bertz CT molecular complexity index is 486. The molecule has 5 heteroatoms. The first-order valence-corrected chi connectivity index (χ1v) is 6.99. The van der Waals surface area contributed by atoms with E-state index >= 15 is 0 Å². The molecule has 1 aliphatic heterocycles. The van der Waals surface area contributed by atoms with Crippen molar-refractivity contribution in [1.82, 2.24) is 5.32 Å². The molecule has 0 saturated carbocycles. The van der Waals surface area contributed by atoms with Crippen molar-refractivity contribution >= 4 is 11.6 Å². The summed E-state index contributed by atoms with van der Waals surface area (Å²) >= 11 is 0. The summed E-state index contributed by atoms with van der Waals surface area (Å²) in [4.78, 5) is 11.5. The lowest BCUT2D eigenvalue weighted by Crippen LogP contribution is -2.27. The number of carbonyl (C=O) groups excluding carboxylic acids is 1. The summed E-state index contributed by atoms with van der Waals surface area (Å²) in [6, 6.07) is 3.95. The van der Waals surface area contributed by atoms with E-state index in [-0.39, 0.29) is 12.0 Å². The second-order valence-corrected chi connectivity index (χ2v) is 5.13. The Morgan fingerprint density at radius 2 is 2.25 bits per heavy atom. The van der Waals surface area contributed by atoms with Gasteiger partial charge in [0.2, 0.25) is 5.91 Å². The zero-order valence-corrected chi connectivity index (χ0v) is 12.0. The summed E-state index contributed by atoms with van der Waals surface area (Å²) in [5.74, 6) is 0.758. The van der Waals surface area contributed by atoms with Gasteiger partial charge in [-0.3, -0.25) is 4.79 Å². The van der Waals surface area contributed by atoms with Crippen LogP contribution < -0.4 is 15.4 Å². The predicted molar refractivity (Wildman–Crippen MR) is 78.2 cm³/mol. The number of benzene rings is 1. The SMILES string of the molecule is COc1ccc(CCNCC(C)O)c2c1NC(=O)CC2. The Kier molecular flexibility index (Phi) is 4.98. The van der Waals surface area contributed by atoms with Crippen LogP contribution in [0.4, 0.5) is 5.69 Å². The number of rotatable bonds is 6. The van der Waals surface area contributed by atoms with Crippen LogP contribution in [0.15, 0.2) is 12.1 Å². The van der Waals surface area contributed by atoms with Gasteiger partial charge < -0.3 is 20.5 Å². The summed E-state index contributed by atoms with van der Waals surface area (Å²) in [7, 11) is 1.61. The predicted octanol–water partition coefficient (Wildman–Crippen LogP) is 1.09. The highest BCUT2D eigenvalue weighted by Gasteiger charge is 2.21. The number of ether oxygens (including phenoxy) is 1. The summed E-state index contributed by atoms with van der Waals surface area (Å²) in [6.45, 7) is 3.16. The molecule has 0 aliphatic carbocycles. The molecule has 20 heavy (non-hydrogen) atoms. The molecule has 2 rings (SSSR count). The highest BCUT2D eigenvalue weighted by Crippen LogP contribution is 2.35. The molecule has 1 aromatic carbocycles. The summed E-state index contributed by atoms with van der Waals surface area (Å²) in [5.41, 5.74) is 3.21. The van der Waals surface area contributed by atoms with Crippen LogP contribution in [0.2, 0.25) is 0 Å².